The first-order valence-corrected chi connectivity index (χ1v) is 20.7. The van der Waals surface area contributed by atoms with Gasteiger partial charge in [-0.15, -0.1) is 0 Å². The van der Waals surface area contributed by atoms with Crippen LogP contribution in [0.15, 0.2) is 54.9 Å². The summed E-state index contributed by atoms with van der Waals surface area (Å²) >= 11 is 0. The molecule has 3 aliphatic rings. The molecule has 3 fully saturated rings. The third-order valence-corrected chi connectivity index (χ3v) is 12.6. The molecule has 60 heavy (non-hydrogen) atoms. The number of rotatable bonds is 12. The van der Waals surface area contributed by atoms with Crippen molar-refractivity contribution in [3.63, 3.8) is 0 Å². The lowest BCUT2D eigenvalue weighted by molar-refractivity contribution is -0.122. The molecule has 16 heteroatoms. The number of piperazine rings is 1. The Labute approximate surface area is 346 Å². The summed E-state index contributed by atoms with van der Waals surface area (Å²) in [4.78, 5) is 43.8. The number of anilines is 2. The summed E-state index contributed by atoms with van der Waals surface area (Å²) in [6.45, 7) is 8.47. The summed E-state index contributed by atoms with van der Waals surface area (Å²) in [6.07, 6.45) is 8.21. The number of hydrogen-bond acceptors (Lipinski definition) is 10. The van der Waals surface area contributed by atoms with Crippen LogP contribution in [-0.2, 0) is 15.2 Å². The Morgan fingerprint density at radius 3 is 2.28 bits per heavy atom. The van der Waals surface area contributed by atoms with E-state index in [1.165, 1.54) is 29.9 Å². The maximum absolute atomic E-state index is 15.3. The van der Waals surface area contributed by atoms with E-state index in [1.54, 1.807) is 32.0 Å². The van der Waals surface area contributed by atoms with Crippen molar-refractivity contribution in [3.8, 4) is 6.07 Å². The minimum Gasteiger partial charge on any atom is -0.386 e. The zero-order valence-electron chi connectivity index (χ0n) is 34.1. The fourth-order valence-electron chi connectivity index (χ4n) is 9.26. The Morgan fingerprint density at radius 2 is 1.65 bits per heavy atom. The molecule has 0 unspecified atom stereocenters. The maximum Gasteiger partial charge on any atom is 0.274 e. The minimum absolute atomic E-state index is 0.0310. The fraction of sp³-hybridized carbons (Fsp3) is 0.455. The van der Waals surface area contributed by atoms with Gasteiger partial charge < -0.3 is 25.4 Å². The van der Waals surface area contributed by atoms with E-state index in [-0.39, 0.29) is 24.4 Å². The SMILES string of the molecule is CNC(=O)[C@H](CCC=O)c1c(F)cc(N2CC(N3CCN(C4CCC(n5cc6cc(NC(=O)c7ccc8cc(C#N)cnn78)c(C(C)(C)O)cc6n5)CC4)CC3)C2)cc1F. The van der Waals surface area contributed by atoms with Crippen LogP contribution >= 0.6 is 0 Å². The average molecular weight is 821 g/mol. The standard InChI is InChI=1S/C44H50F2N10O4/c1-44(2,60)35-21-38-28(18-39(35)50-43(59)40-11-10-31-17-27(22-47)23-49-56(31)40)24-55(51-38)30-8-6-29(7-9-30)52-12-14-53(15-13-52)33-25-54(26-33)32-19-36(45)41(37(46)20-32)34(5-4-16-57)42(58)48-3/h10-11,16-21,23-24,29-30,33-34,60H,4-9,12-15,25-26H2,1-3H3,(H,48,58)(H,50,59)/t29?,30?,34-/m1/s1. The minimum atomic E-state index is -1.26. The highest BCUT2D eigenvalue weighted by molar-refractivity contribution is 6.05. The molecule has 0 radical (unpaired) electrons. The number of halogens is 2. The van der Waals surface area contributed by atoms with E-state index in [9.17, 15) is 24.8 Å². The van der Waals surface area contributed by atoms with Gasteiger partial charge >= 0.3 is 0 Å². The van der Waals surface area contributed by atoms with Gasteiger partial charge in [0, 0.05) is 98.9 Å². The van der Waals surface area contributed by atoms with E-state index in [4.69, 9.17) is 5.10 Å². The Morgan fingerprint density at radius 1 is 0.983 bits per heavy atom. The van der Waals surface area contributed by atoms with Gasteiger partial charge in [0.1, 0.15) is 29.7 Å². The number of aliphatic hydroxyl groups is 1. The molecule has 14 nitrogen and oxygen atoms in total. The first-order chi connectivity index (χ1) is 28.8. The zero-order chi connectivity index (χ0) is 42.3. The van der Waals surface area contributed by atoms with Crippen LogP contribution in [0.5, 0.6) is 0 Å². The monoisotopic (exact) mass is 820 g/mol. The van der Waals surface area contributed by atoms with Gasteiger partial charge in [-0.1, -0.05) is 0 Å². The number of nitriles is 1. The van der Waals surface area contributed by atoms with Crippen LogP contribution in [0.1, 0.15) is 91.5 Å². The molecule has 8 rings (SSSR count). The zero-order valence-corrected chi connectivity index (χ0v) is 34.1. The predicted octanol–water partition coefficient (Wildman–Crippen LogP) is 5.11. The number of carbonyl (C=O) groups is 3. The smallest absolute Gasteiger partial charge is 0.274 e. The van der Waals surface area contributed by atoms with Crippen LogP contribution in [-0.4, -0.2) is 111 Å². The van der Waals surface area contributed by atoms with Gasteiger partial charge in [-0.25, -0.2) is 13.3 Å². The average Bonchev–Trinajstić information content (AvgIpc) is 3.84. The summed E-state index contributed by atoms with van der Waals surface area (Å²) in [7, 11) is 1.41. The molecule has 2 aliphatic heterocycles. The molecule has 2 saturated heterocycles. The number of nitrogens with one attached hydrogen (secondary N) is 2. The fourth-order valence-corrected chi connectivity index (χ4v) is 9.26. The van der Waals surface area contributed by atoms with E-state index >= 15 is 8.78 Å². The first-order valence-electron chi connectivity index (χ1n) is 20.7. The first kappa shape index (κ1) is 41.0. The molecule has 0 bridgehead atoms. The molecule has 2 amide bonds. The molecule has 1 aliphatic carbocycles. The predicted molar refractivity (Wildman–Crippen MR) is 222 cm³/mol. The second-order valence-corrected chi connectivity index (χ2v) is 16.8. The van der Waals surface area contributed by atoms with Crippen molar-refractivity contribution in [1.82, 2.24) is 34.5 Å². The van der Waals surface area contributed by atoms with Crippen molar-refractivity contribution in [1.29, 1.82) is 5.26 Å². The third kappa shape index (κ3) is 8.09. The van der Waals surface area contributed by atoms with Crippen LogP contribution in [0, 0.1) is 23.0 Å². The van der Waals surface area contributed by atoms with Crippen molar-refractivity contribution in [2.75, 3.05) is 56.5 Å². The van der Waals surface area contributed by atoms with Gasteiger partial charge in [-0.3, -0.25) is 24.1 Å². The Balaban J connectivity index is 0.850. The van der Waals surface area contributed by atoms with Crippen LogP contribution in [0.4, 0.5) is 20.2 Å². The van der Waals surface area contributed by atoms with Gasteiger partial charge in [0.05, 0.1) is 40.4 Å². The van der Waals surface area contributed by atoms with Crippen molar-refractivity contribution in [2.24, 2.45) is 0 Å². The van der Waals surface area contributed by atoms with Gasteiger partial charge in [0.15, 0.2) is 0 Å². The second-order valence-electron chi connectivity index (χ2n) is 16.8. The number of benzene rings is 2. The third-order valence-electron chi connectivity index (χ3n) is 12.6. The molecule has 0 spiro atoms. The topological polar surface area (TPSA) is 164 Å². The Bertz CT molecular complexity index is 2440. The van der Waals surface area contributed by atoms with Gasteiger partial charge in [-0.05, 0) is 88.4 Å². The summed E-state index contributed by atoms with van der Waals surface area (Å²) in [5, 5.41) is 35.9. The summed E-state index contributed by atoms with van der Waals surface area (Å²) in [5.41, 5.74) is 2.00. The Hall–Kier alpha value is -5.76. The number of aldehydes is 1. The van der Waals surface area contributed by atoms with E-state index in [2.05, 4.69) is 31.6 Å². The number of amides is 2. The van der Waals surface area contributed by atoms with Crippen molar-refractivity contribution >= 4 is 45.9 Å². The number of carbonyl (C=O) groups excluding carboxylic acids is 3. The molecule has 1 saturated carbocycles. The van der Waals surface area contributed by atoms with Crippen LogP contribution in [0.2, 0.25) is 0 Å². The lowest BCUT2D eigenvalue weighted by Crippen LogP contribution is -2.64. The van der Waals surface area contributed by atoms with Gasteiger partial charge in [-0.2, -0.15) is 15.5 Å². The molecule has 5 heterocycles. The number of fused-ring (bicyclic) bond motifs is 2. The van der Waals surface area contributed by atoms with E-state index < -0.39 is 35.0 Å². The van der Waals surface area contributed by atoms with E-state index in [0.29, 0.717) is 65.2 Å². The lowest BCUT2D eigenvalue weighted by atomic mass is 9.89. The Kier molecular flexibility index (Phi) is 11.4. The highest BCUT2D eigenvalue weighted by Gasteiger charge is 2.37. The van der Waals surface area contributed by atoms with E-state index in [1.807, 2.05) is 27.9 Å². The lowest BCUT2D eigenvalue weighted by Gasteiger charge is -2.50. The van der Waals surface area contributed by atoms with Crippen molar-refractivity contribution < 1.29 is 28.3 Å². The van der Waals surface area contributed by atoms with Crippen LogP contribution < -0.4 is 15.5 Å². The summed E-state index contributed by atoms with van der Waals surface area (Å²) in [5.74, 6) is -3.53. The molecule has 314 valence electrons. The normalized spacial score (nSPS) is 19.9. The molecule has 3 N–H and O–H groups in total. The quantitative estimate of drug-likeness (QED) is 0.144. The summed E-state index contributed by atoms with van der Waals surface area (Å²) < 4.78 is 34.0. The number of aromatic nitrogens is 4. The maximum atomic E-state index is 15.3. The molecule has 1 atom stereocenters. The molecule has 3 aromatic heterocycles. The molecular weight excluding hydrogens is 771 g/mol. The molecule has 5 aromatic rings. The van der Waals surface area contributed by atoms with Gasteiger partial charge in [0.2, 0.25) is 5.91 Å². The molecule has 2 aromatic carbocycles. The number of hydrogen-bond donors (Lipinski definition) is 3. The van der Waals surface area contributed by atoms with Crippen LogP contribution in [0.25, 0.3) is 16.4 Å². The van der Waals surface area contributed by atoms with E-state index in [0.717, 1.165) is 62.8 Å². The van der Waals surface area contributed by atoms with Gasteiger partial charge in [0.25, 0.3) is 5.91 Å². The van der Waals surface area contributed by atoms with Crippen molar-refractivity contribution in [2.45, 2.75) is 82.0 Å². The highest BCUT2D eigenvalue weighted by atomic mass is 19.1. The largest absolute Gasteiger partial charge is 0.386 e. The highest BCUT2D eigenvalue weighted by Crippen LogP contribution is 2.37. The summed E-state index contributed by atoms with van der Waals surface area (Å²) in [6, 6.07) is 14.4. The number of nitrogens with zero attached hydrogens (tertiary/aromatic N) is 8. The number of likely N-dealkylation sites (N-methyl/N-ethyl adjacent to an activating group) is 1. The second kappa shape index (κ2) is 16.7. The van der Waals surface area contributed by atoms with Crippen molar-refractivity contribution in [3.05, 3.63) is 88.9 Å². The van der Waals surface area contributed by atoms with Crippen LogP contribution in [0.3, 0.4) is 0 Å². The molecular formula is C44H50F2N10O4.